The predicted octanol–water partition coefficient (Wildman–Crippen LogP) is 5.45. The lowest BCUT2D eigenvalue weighted by Crippen LogP contribution is -2.73. The molecule has 2 aromatic carbocycles. The lowest BCUT2D eigenvalue weighted by atomic mass is 9.50. The summed E-state index contributed by atoms with van der Waals surface area (Å²) in [6.07, 6.45) is 9.19. The summed E-state index contributed by atoms with van der Waals surface area (Å²) in [5, 5.41) is 4.02. The molecule has 1 unspecified atom stereocenters. The number of ether oxygens (including phenoxy) is 2. The van der Waals surface area contributed by atoms with Gasteiger partial charge in [-0.2, -0.15) is 0 Å². The van der Waals surface area contributed by atoms with E-state index in [0.717, 1.165) is 19.4 Å². The summed E-state index contributed by atoms with van der Waals surface area (Å²) in [6, 6.07) is 15.6. The van der Waals surface area contributed by atoms with Gasteiger partial charge in [-0.3, -0.25) is 9.69 Å². The van der Waals surface area contributed by atoms with Crippen LogP contribution in [0.3, 0.4) is 0 Å². The Morgan fingerprint density at radius 2 is 1.79 bits per heavy atom. The van der Waals surface area contributed by atoms with Gasteiger partial charge in [-0.25, -0.2) is 0 Å². The molecule has 7 atom stereocenters. The minimum Gasteiger partial charge on any atom is -0.364 e. The maximum atomic E-state index is 14.1. The van der Waals surface area contributed by atoms with Crippen LogP contribution in [0.2, 0.25) is 0 Å². The summed E-state index contributed by atoms with van der Waals surface area (Å²) in [4.78, 5) is 21.4. The number of nitrogens with zero attached hydrogens (tertiary/aromatic N) is 3. The molecule has 0 aromatic heterocycles. The average Bonchev–Trinajstić information content (AvgIpc) is 3.48. The van der Waals surface area contributed by atoms with Gasteiger partial charge in [0.1, 0.15) is 12.3 Å². The standard InChI is InChI=1S/C35H42N4O3/c1-7-8-9-17-26(40)38-20-18-34-23-14-10-11-15-24(23)36-30-35(34)19-21-39(31(34)38)28(29-32(2,3)42-33(4,5)41-29)22-13-12-16-25(27(22)35)37(30)6/h7-17,28-31,36H,18-21H2,1-6H3/b8-7+,17-9+/t28-,29-,30+,31+,34-,35-/m0/s1. The second-order valence-electron chi connectivity index (χ2n) is 14.0. The van der Waals surface area contributed by atoms with E-state index in [9.17, 15) is 4.79 Å². The molecule has 2 bridgehead atoms. The zero-order chi connectivity index (χ0) is 29.2. The van der Waals surface area contributed by atoms with Gasteiger partial charge in [0, 0.05) is 43.0 Å². The lowest BCUT2D eigenvalue weighted by Gasteiger charge is -2.62. The zero-order valence-electron chi connectivity index (χ0n) is 25.6. The molecular formula is C35H42N4O3. The fourth-order valence-electron chi connectivity index (χ4n) is 10.2. The van der Waals surface area contributed by atoms with E-state index in [1.807, 2.05) is 39.0 Å². The van der Waals surface area contributed by atoms with Crippen LogP contribution in [-0.4, -0.2) is 65.7 Å². The zero-order valence-corrected chi connectivity index (χ0v) is 25.6. The molecule has 42 heavy (non-hydrogen) atoms. The molecule has 2 spiro atoms. The highest BCUT2D eigenvalue weighted by atomic mass is 16.8. The van der Waals surface area contributed by atoms with Crippen molar-refractivity contribution in [1.29, 1.82) is 0 Å². The molecule has 0 aliphatic carbocycles. The van der Waals surface area contributed by atoms with E-state index in [2.05, 4.69) is 83.4 Å². The Hall–Kier alpha value is -3.13. The maximum Gasteiger partial charge on any atom is 0.247 e. The highest BCUT2D eigenvalue weighted by Gasteiger charge is 2.76. The van der Waals surface area contributed by atoms with E-state index in [-0.39, 0.29) is 41.2 Å². The number of rotatable bonds is 3. The van der Waals surface area contributed by atoms with Gasteiger partial charge in [-0.15, -0.1) is 0 Å². The molecular weight excluding hydrogens is 524 g/mol. The van der Waals surface area contributed by atoms with Crippen LogP contribution in [0.25, 0.3) is 0 Å². The number of allylic oxidation sites excluding steroid dienone is 3. The molecule has 3 fully saturated rings. The van der Waals surface area contributed by atoms with E-state index in [0.29, 0.717) is 6.54 Å². The van der Waals surface area contributed by atoms with Crippen LogP contribution >= 0.6 is 0 Å². The van der Waals surface area contributed by atoms with Crippen molar-refractivity contribution in [1.82, 2.24) is 9.80 Å². The van der Waals surface area contributed by atoms with Crippen LogP contribution in [0, 0.1) is 0 Å². The minimum absolute atomic E-state index is 0.0732. The Morgan fingerprint density at radius 1 is 1.00 bits per heavy atom. The Labute approximate surface area is 249 Å². The van der Waals surface area contributed by atoms with Crippen LogP contribution in [0.4, 0.5) is 11.4 Å². The van der Waals surface area contributed by atoms with Gasteiger partial charge >= 0.3 is 0 Å². The van der Waals surface area contributed by atoms with Crippen LogP contribution < -0.4 is 10.2 Å². The number of anilines is 2. The first-order valence-electron chi connectivity index (χ1n) is 15.5. The highest BCUT2D eigenvalue weighted by molar-refractivity contribution is 5.89. The van der Waals surface area contributed by atoms with Gasteiger partial charge in [0.25, 0.3) is 0 Å². The number of piperidine rings is 1. The number of benzene rings is 2. The van der Waals surface area contributed by atoms with E-state index in [1.54, 1.807) is 6.08 Å². The van der Waals surface area contributed by atoms with Crippen LogP contribution in [0.15, 0.2) is 66.8 Å². The van der Waals surface area contributed by atoms with Gasteiger partial charge in [0.05, 0.1) is 23.2 Å². The van der Waals surface area contributed by atoms with Crippen molar-refractivity contribution in [2.24, 2.45) is 0 Å². The van der Waals surface area contributed by atoms with Gasteiger partial charge < -0.3 is 24.6 Å². The SMILES string of the molecule is C/C=C/C=C/C(=O)N1CC[C@@]23c4ccccc4N[C@@H]4N(C)c5cccc6c5[C@@]42CCN([C@@H]13)[C@@H]6[C@@H]1OC(C)(C)OC1(C)C. The van der Waals surface area contributed by atoms with Crippen molar-refractivity contribution in [3.63, 3.8) is 0 Å². The monoisotopic (exact) mass is 566 g/mol. The molecule has 3 saturated heterocycles. The number of hydrogen-bond acceptors (Lipinski definition) is 6. The molecule has 2 aromatic rings. The van der Waals surface area contributed by atoms with Crippen molar-refractivity contribution >= 4 is 17.3 Å². The van der Waals surface area contributed by atoms with Crippen molar-refractivity contribution in [3.8, 4) is 0 Å². The van der Waals surface area contributed by atoms with Crippen molar-refractivity contribution in [2.45, 2.75) is 94.2 Å². The van der Waals surface area contributed by atoms with Crippen molar-refractivity contribution < 1.29 is 14.3 Å². The first kappa shape index (κ1) is 26.5. The molecule has 7 nitrogen and oxygen atoms in total. The van der Waals surface area contributed by atoms with Crippen LogP contribution in [0.1, 0.15) is 70.2 Å². The predicted molar refractivity (Wildman–Crippen MR) is 164 cm³/mol. The third kappa shape index (κ3) is 3.04. The number of amides is 1. The van der Waals surface area contributed by atoms with Gasteiger partial charge in [-0.05, 0) is 76.3 Å². The number of hydrogen-bond donors (Lipinski definition) is 1. The molecule has 6 heterocycles. The van der Waals surface area contributed by atoms with Crippen LogP contribution in [-0.2, 0) is 25.1 Å². The Bertz CT molecular complexity index is 1550. The molecule has 1 amide bonds. The van der Waals surface area contributed by atoms with Crippen LogP contribution in [0.5, 0.6) is 0 Å². The molecule has 0 radical (unpaired) electrons. The Balaban J connectivity index is 1.44. The molecule has 6 aliphatic heterocycles. The quantitative estimate of drug-likeness (QED) is 0.394. The molecule has 7 heteroatoms. The Kier molecular flexibility index (Phi) is 5.36. The molecule has 1 N–H and O–H groups in total. The summed E-state index contributed by atoms with van der Waals surface area (Å²) in [5.74, 6) is -0.627. The Morgan fingerprint density at radius 3 is 2.55 bits per heavy atom. The molecule has 0 saturated carbocycles. The van der Waals surface area contributed by atoms with Crippen molar-refractivity contribution in [3.05, 3.63) is 83.5 Å². The smallest absolute Gasteiger partial charge is 0.247 e. The number of para-hydroxylation sites is 1. The van der Waals surface area contributed by atoms with E-state index >= 15 is 0 Å². The summed E-state index contributed by atoms with van der Waals surface area (Å²) < 4.78 is 13.4. The fourth-order valence-corrected chi connectivity index (χ4v) is 10.2. The number of likely N-dealkylation sites (N-methyl/N-ethyl adjacent to an activating group) is 1. The molecule has 8 rings (SSSR count). The number of carbonyl (C=O) groups is 1. The largest absolute Gasteiger partial charge is 0.364 e. The summed E-state index contributed by atoms with van der Waals surface area (Å²) in [5.41, 5.74) is 5.56. The number of carbonyl (C=O) groups excluding carboxylic acids is 1. The third-order valence-electron chi connectivity index (χ3n) is 11.2. The normalized spacial score (nSPS) is 38.0. The second kappa shape index (κ2) is 8.49. The van der Waals surface area contributed by atoms with Crippen molar-refractivity contribution in [2.75, 3.05) is 30.4 Å². The summed E-state index contributed by atoms with van der Waals surface area (Å²) in [7, 11) is 2.24. The molecule has 6 aliphatic rings. The highest BCUT2D eigenvalue weighted by Crippen LogP contribution is 2.71. The summed E-state index contributed by atoms with van der Waals surface area (Å²) >= 11 is 0. The topological polar surface area (TPSA) is 57.3 Å². The second-order valence-corrected chi connectivity index (χ2v) is 14.0. The van der Waals surface area contributed by atoms with E-state index < -0.39 is 11.4 Å². The minimum atomic E-state index is -0.700. The van der Waals surface area contributed by atoms with E-state index in [4.69, 9.17) is 9.47 Å². The molecule has 220 valence electrons. The number of likely N-dealkylation sites (tertiary alicyclic amines) is 1. The van der Waals surface area contributed by atoms with Gasteiger partial charge in [0.2, 0.25) is 5.91 Å². The first-order chi connectivity index (χ1) is 20.1. The fraction of sp³-hybridized carbons (Fsp3) is 0.514. The van der Waals surface area contributed by atoms with Gasteiger partial charge in [0.15, 0.2) is 5.79 Å². The number of fused-ring (bicyclic) bond motifs is 1. The average molecular weight is 567 g/mol. The number of nitrogens with one attached hydrogen (secondary N) is 1. The van der Waals surface area contributed by atoms with E-state index in [1.165, 1.54) is 28.1 Å². The third-order valence-corrected chi connectivity index (χ3v) is 11.2. The van der Waals surface area contributed by atoms with Gasteiger partial charge in [-0.1, -0.05) is 48.6 Å². The lowest BCUT2D eigenvalue weighted by molar-refractivity contribution is -0.165. The maximum absolute atomic E-state index is 14.1. The summed E-state index contributed by atoms with van der Waals surface area (Å²) in [6.45, 7) is 11.9. The first-order valence-corrected chi connectivity index (χ1v) is 15.5.